The highest BCUT2D eigenvalue weighted by molar-refractivity contribution is 7.78. The SMILES string of the molecule is S=C=NCC1=COCO1. The number of aliphatic imine (C=N–C) groups is 1. The van der Waals surface area contributed by atoms with Gasteiger partial charge in [0.1, 0.15) is 12.8 Å². The van der Waals surface area contributed by atoms with E-state index in [9.17, 15) is 0 Å². The summed E-state index contributed by atoms with van der Waals surface area (Å²) in [5.74, 6) is 0.701. The van der Waals surface area contributed by atoms with Gasteiger partial charge in [-0.2, -0.15) is 0 Å². The van der Waals surface area contributed by atoms with Crippen molar-refractivity contribution < 1.29 is 9.47 Å². The fraction of sp³-hybridized carbons (Fsp3) is 0.400. The first-order chi connectivity index (χ1) is 4.43. The van der Waals surface area contributed by atoms with E-state index in [-0.39, 0.29) is 0 Å². The van der Waals surface area contributed by atoms with Crippen LogP contribution in [-0.2, 0) is 9.47 Å². The molecule has 0 spiro atoms. The molecule has 0 aromatic rings. The van der Waals surface area contributed by atoms with Crippen LogP contribution in [0, 0.1) is 0 Å². The maximum Gasteiger partial charge on any atom is 0.229 e. The summed E-state index contributed by atoms with van der Waals surface area (Å²) in [5, 5.41) is 2.23. The lowest BCUT2D eigenvalue weighted by molar-refractivity contribution is 0.0801. The van der Waals surface area contributed by atoms with Crippen LogP contribution in [0.2, 0.25) is 0 Å². The molecule has 0 radical (unpaired) electrons. The molecule has 9 heavy (non-hydrogen) atoms. The molecule has 1 heterocycles. The van der Waals surface area contributed by atoms with Crippen molar-refractivity contribution >= 4 is 17.4 Å². The Morgan fingerprint density at radius 1 is 1.89 bits per heavy atom. The smallest absolute Gasteiger partial charge is 0.229 e. The van der Waals surface area contributed by atoms with Gasteiger partial charge >= 0.3 is 0 Å². The predicted octanol–water partition coefficient (Wildman–Crippen LogP) is 0.935. The minimum absolute atomic E-state index is 0.294. The van der Waals surface area contributed by atoms with Gasteiger partial charge in [-0.3, -0.25) is 0 Å². The standard InChI is InChI=1S/C5H5NO2S/c9-3-6-1-5-2-7-4-8-5/h2H,1,4H2. The van der Waals surface area contributed by atoms with Crippen LogP contribution < -0.4 is 0 Å². The summed E-state index contributed by atoms with van der Waals surface area (Å²) in [6.45, 7) is 0.728. The summed E-state index contributed by atoms with van der Waals surface area (Å²) in [5.41, 5.74) is 0. The minimum atomic E-state index is 0.294. The lowest BCUT2D eigenvalue weighted by atomic mass is 10.6. The maximum absolute atomic E-state index is 4.91. The third-order valence-corrected chi connectivity index (χ3v) is 0.956. The largest absolute Gasteiger partial charge is 0.462 e. The highest BCUT2D eigenvalue weighted by atomic mass is 32.1. The lowest BCUT2D eigenvalue weighted by Crippen LogP contribution is -1.88. The molecule has 0 N–H and O–H groups in total. The Labute approximate surface area is 58.0 Å². The van der Waals surface area contributed by atoms with Crippen LogP contribution in [0.4, 0.5) is 0 Å². The molecule has 4 heteroatoms. The Bertz CT molecular complexity index is 172. The minimum Gasteiger partial charge on any atom is -0.462 e. The van der Waals surface area contributed by atoms with Gasteiger partial charge in [0.2, 0.25) is 6.79 Å². The number of thiocarbonyl (C=S) groups is 1. The first-order valence-electron chi connectivity index (χ1n) is 2.40. The summed E-state index contributed by atoms with van der Waals surface area (Å²) in [4.78, 5) is 3.65. The van der Waals surface area contributed by atoms with Gasteiger partial charge in [0.15, 0.2) is 5.76 Å². The topological polar surface area (TPSA) is 30.8 Å². The van der Waals surface area contributed by atoms with Gasteiger partial charge in [-0.05, 0) is 12.2 Å². The summed E-state index contributed by atoms with van der Waals surface area (Å²) in [6, 6.07) is 0. The first-order valence-corrected chi connectivity index (χ1v) is 2.81. The number of isothiocyanates is 1. The predicted molar refractivity (Wildman–Crippen MR) is 35.0 cm³/mol. The zero-order valence-corrected chi connectivity index (χ0v) is 5.48. The van der Waals surface area contributed by atoms with E-state index >= 15 is 0 Å². The van der Waals surface area contributed by atoms with Crippen LogP contribution >= 0.6 is 12.2 Å². The van der Waals surface area contributed by atoms with Crippen LogP contribution in [0.3, 0.4) is 0 Å². The van der Waals surface area contributed by atoms with E-state index < -0.39 is 0 Å². The molecule has 0 aromatic heterocycles. The molecule has 0 atom stereocenters. The number of ether oxygens (including phenoxy) is 2. The molecular weight excluding hydrogens is 138 g/mol. The Kier molecular flexibility index (Phi) is 2.24. The summed E-state index contributed by atoms with van der Waals surface area (Å²) < 4.78 is 9.66. The van der Waals surface area contributed by atoms with Crippen molar-refractivity contribution in [2.45, 2.75) is 0 Å². The third kappa shape index (κ3) is 1.83. The molecule has 0 saturated carbocycles. The van der Waals surface area contributed by atoms with E-state index in [4.69, 9.17) is 9.47 Å². The lowest BCUT2D eigenvalue weighted by Gasteiger charge is -1.91. The maximum atomic E-state index is 4.91. The van der Waals surface area contributed by atoms with Gasteiger partial charge in [-0.1, -0.05) is 0 Å². The molecule has 1 aliphatic heterocycles. The van der Waals surface area contributed by atoms with E-state index in [1.165, 1.54) is 6.26 Å². The van der Waals surface area contributed by atoms with Gasteiger partial charge in [-0.15, -0.1) is 0 Å². The number of rotatable bonds is 2. The van der Waals surface area contributed by atoms with Crippen molar-refractivity contribution in [2.75, 3.05) is 13.3 Å². The molecule has 48 valence electrons. The second-order valence-electron chi connectivity index (χ2n) is 1.42. The van der Waals surface area contributed by atoms with Crippen LogP contribution in [0.1, 0.15) is 0 Å². The fourth-order valence-electron chi connectivity index (χ4n) is 0.464. The Hall–Kier alpha value is -0.860. The summed E-state index contributed by atoms with van der Waals surface area (Å²) in [7, 11) is 0. The molecule has 0 unspecified atom stereocenters. The van der Waals surface area contributed by atoms with Crippen molar-refractivity contribution in [1.29, 1.82) is 0 Å². The van der Waals surface area contributed by atoms with E-state index in [1.807, 2.05) is 0 Å². The molecule has 0 bridgehead atoms. The van der Waals surface area contributed by atoms with Gasteiger partial charge in [0.05, 0.1) is 5.16 Å². The zero-order valence-electron chi connectivity index (χ0n) is 4.66. The average molecular weight is 143 g/mol. The fourth-order valence-corrected chi connectivity index (χ4v) is 0.528. The van der Waals surface area contributed by atoms with Gasteiger partial charge in [0, 0.05) is 0 Å². The first kappa shape index (κ1) is 6.26. The van der Waals surface area contributed by atoms with Crippen LogP contribution in [0.15, 0.2) is 17.0 Å². The van der Waals surface area contributed by atoms with E-state index in [1.54, 1.807) is 0 Å². The molecule has 0 aromatic carbocycles. The van der Waals surface area contributed by atoms with Crippen molar-refractivity contribution in [2.24, 2.45) is 4.99 Å². The van der Waals surface area contributed by atoms with E-state index in [0.29, 0.717) is 19.1 Å². The van der Waals surface area contributed by atoms with Crippen LogP contribution in [-0.4, -0.2) is 18.5 Å². The van der Waals surface area contributed by atoms with Crippen molar-refractivity contribution in [3.05, 3.63) is 12.0 Å². The summed E-state index contributed by atoms with van der Waals surface area (Å²) in [6.07, 6.45) is 1.52. The molecular formula is C5H5NO2S. The third-order valence-electron chi connectivity index (χ3n) is 0.827. The molecule has 0 fully saturated rings. The van der Waals surface area contributed by atoms with Gasteiger partial charge < -0.3 is 9.47 Å². The Morgan fingerprint density at radius 2 is 2.78 bits per heavy atom. The van der Waals surface area contributed by atoms with Gasteiger partial charge in [0.25, 0.3) is 0 Å². The summed E-state index contributed by atoms with van der Waals surface area (Å²) >= 11 is 4.35. The average Bonchev–Trinajstić information content (AvgIpc) is 2.34. The second-order valence-corrected chi connectivity index (χ2v) is 1.60. The number of hydrogen-bond donors (Lipinski definition) is 0. The number of hydrogen-bond acceptors (Lipinski definition) is 4. The van der Waals surface area contributed by atoms with Gasteiger partial charge in [-0.25, -0.2) is 4.99 Å². The Balaban J connectivity index is 2.34. The van der Waals surface area contributed by atoms with Crippen molar-refractivity contribution in [3.8, 4) is 0 Å². The molecule has 1 aliphatic rings. The van der Waals surface area contributed by atoms with Crippen LogP contribution in [0.25, 0.3) is 0 Å². The quantitative estimate of drug-likeness (QED) is 0.425. The zero-order chi connectivity index (χ0) is 6.53. The normalized spacial score (nSPS) is 14.9. The van der Waals surface area contributed by atoms with E-state index in [2.05, 4.69) is 22.4 Å². The van der Waals surface area contributed by atoms with E-state index in [0.717, 1.165) is 0 Å². The van der Waals surface area contributed by atoms with Crippen molar-refractivity contribution in [1.82, 2.24) is 0 Å². The molecule has 0 aliphatic carbocycles. The highest BCUT2D eigenvalue weighted by Gasteiger charge is 2.02. The number of nitrogens with zero attached hydrogens (tertiary/aromatic N) is 1. The molecule has 0 saturated heterocycles. The second kappa shape index (κ2) is 3.22. The molecule has 3 nitrogen and oxygen atoms in total. The van der Waals surface area contributed by atoms with Crippen molar-refractivity contribution in [3.63, 3.8) is 0 Å². The van der Waals surface area contributed by atoms with Crippen LogP contribution in [0.5, 0.6) is 0 Å². The molecule has 0 amide bonds. The monoisotopic (exact) mass is 143 g/mol. The molecule has 1 rings (SSSR count). The highest BCUT2D eigenvalue weighted by Crippen LogP contribution is 2.05. The Morgan fingerprint density at radius 3 is 3.33 bits per heavy atom.